The molecule has 1 atom stereocenters. The molecule has 1 amide bonds. The maximum absolute atomic E-state index is 12.1. The largest absolute Gasteiger partial charge is 0.342 e. The maximum Gasteiger partial charge on any atom is 0.226 e. The lowest BCUT2D eigenvalue weighted by Gasteiger charge is -2.25. The van der Waals surface area contributed by atoms with Crippen LogP contribution < -0.4 is 0 Å². The minimum absolute atomic E-state index is 0.230. The molecule has 1 fully saturated rings. The van der Waals surface area contributed by atoms with Gasteiger partial charge in [-0.05, 0) is 38.2 Å². The van der Waals surface area contributed by atoms with Crippen molar-refractivity contribution in [2.75, 3.05) is 7.05 Å². The van der Waals surface area contributed by atoms with Crippen LogP contribution in [0, 0.1) is 12.8 Å². The quantitative estimate of drug-likeness (QED) is 0.780. The molecule has 0 heterocycles. The highest BCUT2D eigenvalue weighted by Gasteiger charge is 2.32. The van der Waals surface area contributed by atoms with Gasteiger partial charge in [-0.1, -0.05) is 29.8 Å². The lowest BCUT2D eigenvalue weighted by molar-refractivity contribution is -0.131. The molecule has 0 bridgehead atoms. The van der Waals surface area contributed by atoms with Crippen molar-refractivity contribution in [1.82, 2.24) is 4.90 Å². The van der Waals surface area contributed by atoms with Gasteiger partial charge >= 0.3 is 0 Å². The molecule has 0 N–H and O–H groups in total. The molecule has 0 spiro atoms. The third-order valence-electron chi connectivity index (χ3n) is 3.78. The zero-order chi connectivity index (χ0) is 12.4. The smallest absolute Gasteiger partial charge is 0.226 e. The van der Waals surface area contributed by atoms with Crippen LogP contribution in [-0.4, -0.2) is 23.9 Å². The molecule has 1 aliphatic rings. The second-order valence-corrected chi connectivity index (χ2v) is 5.25. The Morgan fingerprint density at radius 1 is 1.35 bits per heavy atom. The minimum Gasteiger partial charge on any atom is -0.342 e. The molecule has 1 saturated carbocycles. The van der Waals surface area contributed by atoms with Gasteiger partial charge in [-0.2, -0.15) is 0 Å². The summed E-state index contributed by atoms with van der Waals surface area (Å²) in [5.74, 6) is 0.968. The van der Waals surface area contributed by atoms with E-state index in [9.17, 15) is 4.79 Å². The zero-order valence-electron chi connectivity index (χ0n) is 10.9. The van der Waals surface area contributed by atoms with Crippen molar-refractivity contribution in [1.29, 1.82) is 0 Å². The number of hydrogen-bond acceptors (Lipinski definition) is 1. The molecule has 0 saturated heterocycles. The van der Waals surface area contributed by atoms with Gasteiger partial charge in [0, 0.05) is 13.1 Å². The second-order valence-electron chi connectivity index (χ2n) is 5.25. The monoisotopic (exact) mass is 231 g/mol. The van der Waals surface area contributed by atoms with Crippen molar-refractivity contribution >= 4 is 5.91 Å². The molecule has 1 aromatic rings. The Morgan fingerprint density at radius 3 is 2.47 bits per heavy atom. The van der Waals surface area contributed by atoms with Crippen LogP contribution in [0.1, 0.15) is 30.9 Å². The standard InChI is InChI=1S/C15H21NO/c1-11-4-6-13(7-5-11)10-15(17)16(3)12(2)14-8-9-14/h4-7,12,14H,8-10H2,1-3H3. The lowest BCUT2D eigenvalue weighted by atomic mass is 10.1. The molecule has 17 heavy (non-hydrogen) atoms. The van der Waals surface area contributed by atoms with E-state index in [1.165, 1.54) is 18.4 Å². The van der Waals surface area contributed by atoms with Gasteiger partial charge in [0.1, 0.15) is 0 Å². The van der Waals surface area contributed by atoms with Gasteiger partial charge in [-0.25, -0.2) is 0 Å². The summed E-state index contributed by atoms with van der Waals surface area (Å²) < 4.78 is 0. The minimum atomic E-state index is 0.230. The molecule has 2 heteroatoms. The lowest BCUT2D eigenvalue weighted by Crippen LogP contribution is -2.37. The topological polar surface area (TPSA) is 20.3 Å². The molecular formula is C15H21NO. The Kier molecular flexibility index (Phi) is 3.51. The molecule has 1 aromatic carbocycles. The average molecular weight is 231 g/mol. The number of carbonyl (C=O) groups excluding carboxylic acids is 1. The number of likely N-dealkylation sites (N-methyl/N-ethyl adjacent to an activating group) is 1. The highest BCUT2D eigenvalue weighted by atomic mass is 16.2. The Labute approximate surface area is 104 Å². The number of hydrogen-bond donors (Lipinski definition) is 0. The Hall–Kier alpha value is -1.31. The van der Waals surface area contributed by atoms with Crippen LogP contribution in [0.4, 0.5) is 0 Å². The number of benzene rings is 1. The second kappa shape index (κ2) is 4.91. The Balaban J connectivity index is 1.93. The van der Waals surface area contributed by atoms with E-state index in [-0.39, 0.29) is 5.91 Å². The third-order valence-corrected chi connectivity index (χ3v) is 3.78. The van der Waals surface area contributed by atoms with Crippen molar-refractivity contribution in [2.24, 2.45) is 5.92 Å². The van der Waals surface area contributed by atoms with Crippen LogP contribution in [0.15, 0.2) is 24.3 Å². The average Bonchev–Trinajstić information content (AvgIpc) is 3.14. The van der Waals surface area contributed by atoms with Crippen LogP contribution in [0.2, 0.25) is 0 Å². The van der Waals surface area contributed by atoms with E-state index < -0.39 is 0 Å². The summed E-state index contributed by atoms with van der Waals surface area (Å²) >= 11 is 0. The summed E-state index contributed by atoms with van der Waals surface area (Å²) in [6.45, 7) is 4.22. The molecular weight excluding hydrogens is 210 g/mol. The highest BCUT2D eigenvalue weighted by molar-refractivity contribution is 5.78. The highest BCUT2D eigenvalue weighted by Crippen LogP contribution is 2.34. The summed E-state index contributed by atoms with van der Waals surface area (Å²) in [4.78, 5) is 14.0. The number of aryl methyl sites for hydroxylation is 1. The predicted octanol–water partition coefficient (Wildman–Crippen LogP) is 2.79. The van der Waals surface area contributed by atoms with E-state index in [4.69, 9.17) is 0 Å². The first-order chi connectivity index (χ1) is 8.08. The Morgan fingerprint density at radius 2 is 1.94 bits per heavy atom. The van der Waals surface area contributed by atoms with Gasteiger partial charge < -0.3 is 4.90 Å². The van der Waals surface area contributed by atoms with Crippen LogP contribution >= 0.6 is 0 Å². The number of rotatable bonds is 4. The van der Waals surface area contributed by atoms with Gasteiger partial charge in [0.25, 0.3) is 0 Å². The molecule has 0 aromatic heterocycles. The van der Waals surface area contributed by atoms with E-state index in [1.54, 1.807) is 0 Å². The summed E-state index contributed by atoms with van der Waals surface area (Å²) in [6, 6.07) is 8.61. The molecule has 2 nitrogen and oxygen atoms in total. The predicted molar refractivity (Wildman–Crippen MR) is 69.8 cm³/mol. The van der Waals surface area contributed by atoms with Crippen molar-refractivity contribution in [3.05, 3.63) is 35.4 Å². The summed E-state index contributed by atoms with van der Waals surface area (Å²) in [5.41, 5.74) is 2.34. The third kappa shape index (κ3) is 3.09. The Bertz CT molecular complexity index is 392. The van der Waals surface area contributed by atoms with E-state index in [2.05, 4.69) is 26.0 Å². The molecule has 0 aliphatic heterocycles. The molecule has 1 aliphatic carbocycles. The van der Waals surface area contributed by atoms with Gasteiger partial charge in [0.05, 0.1) is 6.42 Å². The first kappa shape index (κ1) is 12.2. The normalized spacial score (nSPS) is 16.6. The van der Waals surface area contributed by atoms with Crippen molar-refractivity contribution in [2.45, 2.75) is 39.2 Å². The van der Waals surface area contributed by atoms with Crippen molar-refractivity contribution in [3.8, 4) is 0 Å². The zero-order valence-corrected chi connectivity index (χ0v) is 10.9. The van der Waals surface area contributed by atoms with Gasteiger partial charge in [0.2, 0.25) is 5.91 Å². The number of amides is 1. The summed E-state index contributed by atoms with van der Waals surface area (Å²) in [6.07, 6.45) is 3.08. The first-order valence-electron chi connectivity index (χ1n) is 6.39. The fourth-order valence-electron chi connectivity index (χ4n) is 2.13. The summed E-state index contributed by atoms with van der Waals surface area (Å²) in [7, 11) is 1.93. The molecule has 1 unspecified atom stereocenters. The van der Waals surface area contributed by atoms with E-state index in [0.717, 1.165) is 11.5 Å². The van der Waals surface area contributed by atoms with E-state index in [0.29, 0.717) is 12.5 Å². The van der Waals surface area contributed by atoms with Crippen LogP contribution in [0.3, 0.4) is 0 Å². The van der Waals surface area contributed by atoms with Gasteiger partial charge in [-0.15, -0.1) is 0 Å². The molecule has 92 valence electrons. The van der Waals surface area contributed by atoms with Crippen LogP contribution in [0.25, 0.3) is 0 Å². The van der Waals surface area contributed by atoms with Gasteiger partial charge in [-0.3, -0.25) is 4.79 Å². The first-order valence-corrected chi connectivity index (χ1v) is 6.39. The fraction of sp³-hybridized carbons (Fsp3) is 0.533. The van der Waals surface area contributed by atoms with E-state index >= 15 is 0 Å². The van der Waals surface area contributed by atoms with E-state index in [1.807, 2.05) is 24.1 Å². The number of carbonyl (C=O) groups is 1. The van der Waals surface area contributed by atoms with Crippen molar-refractivity contribution < 1.29 is 4.79 Å². The number of nitrogens with zero attached hydrogens (tertiary/aromatic N) is 1. The summed E-state index contributed by atoms with van der Waals surface area (Å²) in [5, 5.41) is 0. The molecule has 2 rings (SSSR count). The fourth-order valence-corrected chi connectivity index (χ4v) is 2.13. The van der Waals surface area contributed by atoms with Gasteiger partial charge in [0.15, 0.2) is 0 Å². The van der Waals surface area contributed by atoms with Crippen LogP contribution in [0.5, 0.6) is 0 Å². The van der Waals surface area contributed by atoms with Crippen LogP contribution in [-0.2, 0) is 11.2 Å². The molecule has 0 radical (unpaired) electrons. The van der Waals surface area contributed by atoms with Crippen molar-refractivity contribution in [3.63, 3.8) is 0 Å². The maximum atomic E-state index is 12.1. The SMILES string of the molecule is Cc1ccc(CC(=O)N(C)C(C)C2CC2)cc1.